The van der Waals surface area contributed by atoms with Gasteiger partial charge >= 0.3 is 0 Å². The lowest BCUT2D eigenvalue weighted by Gasteiger charge is -1.90. The van der Waals surface area contributed by atoms with Crippen molar-refractivity contribution in [3.05, 3.63) is 35.3 Å². The van der Waals surface area contributed by atoms with Gasteiger partial charge in [0.1, 0.15) is 0 Å². The van der Waals surface area contributed by atoms with Gasteiger partial charge in [-0.25, -0.2) is 9.97 Å². The lowest BCUT2D eigenvalue weighted by atomic mass is 10.3. The summed E-state index contributed by atoms with van der Waals surface area (Å²) in [6.07, 6.45) is 3.46. The van der Waals surface area contributed by atoms with E-state index in [0.29, 0.717) is 0 Å². The van der Waals surface area contributed by atoms with E-state index in [9.17, 15) is 0 Å². The molecule has 0 spiro atoms. The fourth-order valence-electron chi connectivity index (χ4n) is 0.792. The van der Waals surface area contributed by atoms with Crippen LogP contribution < -0.4 is 0 Å². The molecule has 0 saturated carbocycles. The Morgan fingerprint density at radius 1 is 1.27 bits per heavy atom. The molecule has 2 heterocycles. The van der Waals surface area contributed by atoms with Crippen LogP contribution in [-0.2, 0) is 0 Å². The van der Waals surface area contributed by atoms with Crippen LogP contribution >= 0.6 is 11.3 Å². The quantitative estimate of drug-likeness (QED) is 0.639. The number of nitrogens with zero attached hydrogens (tertiary/aromatic N) is 2. The third kappa shape index (κ3) is 1.28. The third-order valence-electron chi connectivity index (χ3n) is 1.28. The summed E-state index contributed by atoms with van der Waals surface area (Å²) in [5, 5.41) is 5.03. The Labute approximate surface area is 68.6 Å². The number of thiophene rings is 1. The van der Waals surface area contributed by atoms with Crippen molar-refractivity contribution in [3.63, 3.8) is 0 Å². The summed E-state index contributed by atoms with van der Waals surface area (Å²) in [6.45, 7) is 0. The average Bonchev–Trinajstić information content (AvgIpc) is 2.58. The van der Waals surface area contributed by atoms with E-state index in [-0.39, 0.29) is 0 Å². The monoisotopic (exact) mass is 161 g/mol. The molecule has 0 N–H and O–H groups in total. The lowest BCUT2D eigenvalue weighted by molar-refractivity contribution is 1.18. The molecule has 53 valence electrons. The summed E-state index contributed by atoms with van der Waals surface area (Å²) >= 11 is 1.53. The maximum atomic E-state index is 4.09. The smallest absolute Gasteiger partial charge is 0.160 e. The lowest BCUT2D eigenvalue weighted by Crippen LogP contribution is -1.82. The van der Waals surface area contributed by atoms with Crippen LogP contribution in [0.4, 0.5) is 0 Å². The second-order valence-corrected chi connectivity index (χ2v) is 2.72. The zero-order valence-corrected chi connectivity index (χ0v) is 6.51. The largest absolute Gasteiger partial charge is 0.237 e. The van der Waals surface area contributed by atoms with Gasteiger partial charge in [-0.05, 0) is 17.5 Å². The van der Waals surface area contributed by atoms with Crippen LogP contribution in [-0.4, -0.2) is 9.97 Å². The first-order chi connectivity index (χ1) is 5.47. The zero-order chi connectivity index (χ0) is 7.52. The van der Waals surface area contributed by atoms with E-state index in [2.05, 4.69) is 15.3 Å². The van der Waals surface area contributed by atoms with Gasteiger partial charge in [0, 0.05) is 18.0 Å². The van der Waals surface area contributed by atoms with E-state index < -0.39 is 0 Å². The Kier molecular flexibility index (Phi) is 1.65. The predicted molar refractivity (Wildman–Crippen MR) is 44.2 cm³/mol. The van der Waals surface area contributed by atoms with Crippen LogP contribution in [0, 0.1) is 5.38 Å². The highest BCUT2D eigenvalue weighted by atomic mass is 32.1. The highest BCUT2D eigenvalue weighted by Gasteiger charge is 1.97. The van der Waals surface area contributed by atoms with Gasteiger partial charge in [-0.3, -0.25) is 0 Å². The number of hydrogen-bond acceptors (Lipinski definition) is 3. The maximum absolute atomic E-state index is 4.09. The average molecular weight is 161 g/mol. The molecular weight excluding hydrogens is 156 g/mol. The Balaban J connectivity index is 2.46. The van der Waals surface area contributed by atoms with Gasteiger partial charge in [0.25, 0.3) is 0 Å². The van der Waals surface area contributed by atoms with E-state index in [1.54, 1.807) is 18.5 Å². The highest BCUT2D eigenvalue weighted by molar-refractivity contribution is 7.07. The van der Waals surface area contributed by atoms with Crippen molar-refractivity contribution in [2.24, 2.45) is 0 Å². The molecule has 0 fully saturated rings. The summed E-state index contributed by atoms with van der Waals surface area (Å²) in [6, 6.07) is 3.76. The van der Waals surface area contributed by atoms with Crippen LogP contribution in [0.15, 0.2) is 29.9 Å². The third-order valence-corrected chi connectivity index (χ3v) is 1.89. The Bertz CT molecular complexity index is 315. The summed E-state index contributed by atoms with van der Waals surface area (Å²) in [4.78, 5) is 8.17. The van der Waals surface area contributed by atoms with Crippen molar-refractivity contribution < 1.29 is 0 Å². The van der Waals surface area contributed by atoms with Crippen molar-refractivity contribution in [1.29, 1.82) is 0 Å². The van der Waals surface area contributed by atoms with Crippen molar-refractivity contribution in [1.82, 2.24) is 9.97 Å². The van der Waals surface area contributed by atoms with Gasteiger partial charge < -0.3 is 0 Å². The maximum Gasteiger partial charge on any atom is 0.160 e. The second kappa shape index (κ2) is 2.80. The summed E-state index contributed by atoms with van der Waals surface area (Å²) in [5.41, 5.74) is 0.968. The summed E-state index contributed by atoms with van der Waals surface area (Å²) in [5.74, 6) is 0.744. The van der Waals surface area contributed by atoms with E-state index >= 15 is 0 Å². The summed E-state index contributed by atoms with van der Waals surface area (Å²) in [7, 11) is 0. The van der Waals surface area contributed by atoms with Gasteiger partial charge in [0.2, 0.25) is 0 Å². The molecule has 0 aliphatic carbocycles. The molecule has 0 amide bonds. The molecule has 0 saturated heterocycles. The first kappa shape index (κ1) is 6.49. The van der Waals surface area contributed by atoms with Crippen LogP contribution in [0.5, 0.6) is 0 Å². The van der Waals surface area contributed by atoms with Crippen molar-refractivity contribution >= 4 is 11.3 Å². The van der Waals surface area contributed by atoms with Crippen LogP contribution in [0.1, 0.15) is 0 Å². The Morgan fingerprint density at radius 3 is 2.73 bits per heavy atom. The van der Waals surface area contributed by atoms with Gasteiger partial charge in [-0.15, -0.1) is 11.3 Å². The van der Waals surface area contributed by atoms with E-state index in [4.69, 9.17) is 0 Å². The molecule has 3 heteroatoms. The topological polar surface area (TPSA) is 25.8 Å². The molecule has 0 bridgehead atoms. The minimum Gasteiger partial charge on any atom is -0.237 e. The predicted octanol–water partition coefficient (Wildman–Crippen LogP) is 2.01. The van der Waals surface area contributed by atoms with Gasteiger partial charge in [-0.2, -0.15) is 0 Å². The van der Waals surface area contributed by atoms with Gasteiger partial charge in [0.15, 0.2) is 5.82 Å². The summed E-state index contributed by atoms with van der Waals surface area (Å²) < 4.78 is 0. The van der Waals surface area contributed by atoms with Crippen molar-refractivity contribution in [2.45, 2.75) is 0 Å². The SMILES string of the molecule is [c]1sccc1-c1ncccn1. The number of rotatable bonds is 1. The molecule has 2 aromatic rings. The highest BCUT2D eigenvalue weighted by Crippen LogP contribution is 2.15. The molecule has 0 aromatic carbocycles. The van der Waals surface area contributed by atoms with Crippen molar-refractivity contribution in [2.75, 3.05) is 0 Å². The number of aromatic nitrogens is 2. The molecule has 1 radical (unpaired) electrons. The zero-order valence-electron chi connectivity index (χ0n) is 5.69. The standard InChI is InChI=1S/C8H5N2S/c1-3-9-8(10-4-1)7-2-5-11-6-7/h1-5H. The Morgan fingerprint density at radius 2 is 2.09 bits per heavy atom. The van der Waals surface area contributed by atoms with E-state index in [0.717, 1.165) is 11.4 Å². The van der Waals surface area contributed by atoms with Gasteiger partial charge in [0.05, 0.1) is 5.38 Å². The molecule has 2 nitrogen and oxygen atoms in total. The molecule has 0 unspecified atom stereocenters. The first-order valence-electron chi connectivity index (χ1n) is 3.19. The molecule has 11 heavy (non-hydrogen) atoms. The second-order valence-electron chi connectivity index (χ2n) is 2.01. The fourth-order valence-corrected chi connectivity index (χ4v) is 1.35. The van der Waals surface area contributed by atoms with Gasteiger partial charge in [-0.1, -0.05) is 0 Å². The van der Waals surface area contributed by atoms with Crippen molar-refractivity contribution in [3.8, 4) is 11.4 Å². The molecule has 2 rings (SSSR count). The number of hydrogen-bond donors (Lipinski definition) is 0. The Hall–Kier alpha value is -1.22. The van der Waals surface area contributed by atoms with Crippen LogP contribution in [0.3, 0.4) is 0 Å². The minimum atomic E-state index is 0.744. The first-order valence-corrected chi connectivity index (χ1v) is 4.07. The fraction of sp³-hybridized carbons (Fsp3) is 0. The van der Waals surface area contributed by atoms with E-state index in [1.807, 2.05) is 11.4 Å². The normalized spacial score (nSPS) is 9.82. The van der Waals surface area contributed by atoms with Crippen LogP contribution in [0.25, 0.3) is 11.4 Å². The molecule has 2 aromatic heterocycles. The molecular formula is C8H5N2S. The minimum absolute atomic E-state index is 0.744. The molecule has 0 aliphatic rings. The van der Waals surface area contributed by atoms with Crippen LogP contribution in [0.2, 0.25) is 0 Å². The molecule has 0 atom stereocenters. The molecule has 0 aliphatic heterocycles. The van der Waals surface area contributed by atoms with E-state index in [1.165, 1.54) is 11.3 Å².